The lowest BCUT2D eigenvalue weighted by molar-refractivity contribution is -0.119. The number of ketones is 2. The van der Waals surface area contributed by atoms with Crippen LogP contribution in [0.3, 0.4) is 0 Å². The van der Waals surface area contributed by atoms with Crippen LogP contribution < -0.4 is 4.74 Å². The van der Waals surface area contributed by atoms with E-state index in [9.17, 15) is 14.7 Å². The minimum Gasteiger partial charge on any atom is -0.504 e. The van der Waals surface area contributed by atoms with Gasteiger partial charge in [0, 0.05) is 55.0 Å². The van der Waals surface area contributed by atoms with Gasteiger partial charge in [0.25, 0.3) is 0 Å². The molecule has 0 radical (unpaired) electrons. The largest absolute Gasteiger partial charge is 0.504 e. The number of nitrogens with zero attached hydrogens (tertiary/aromatic N) is 1. The molecule has 0 amide bonds. The quantitative estimate of drug-likeness (QED) is 0.694. The van der Waals surface area contributed by atoms with Crippen molar-refractivity contribution >= 4 is 11.6 Å². The van der Waals surface area contributed by atoms with E-state index >= 15 is 0 Å². The van der Waals surface area contributed by atoms with Crippen molar-refractivity contribution in [2.24, 2.45) is 10.8 Å². The fourth-order valence-corrected chi connectivity index (χ4v) is 5.71. The summed E-state index contributed by atoms with van der Waals surface area (Å²) in [5, 5.41) is 10.2. The monoisotopic (exact) mass is 453 g/mol. The molecule has 0 atom stereocenters. The molecule has 1 N–H and O–H groups in total. The normalized spacial score (nSPS) is 22.4. The number of rotatable bonds is 5. The van der Waals surface area contributed by atoms with Crippen molar-refractivity contribution in [2.75, 3.05) is 27.4 Å². The second-order valence-electron chi connectivity index (χ2n) is 11.1. The average Bonchev–Trinajstić information content (AvgIpc) is 2.70. The van der Waals surface area contributed by atoms with Gasteiger partial charge in [0.2, 0.25) is 0 Å². The Balaban J connectivity index is 1.99. The Morgan fingerprint density at radius 3 is 1.97 bits per heavy atom. The number of carbonyl (C=O) groups is 2. The van der Waals surface area contributed by atoms with Gasteiger partial charge >= 0.3 is 0 Å². The lowest BCUT2D eigenvalue weighted by Crippen LogP contribution is -2.45. The maximum atomic E-state index is 13.6. The Morgan fingerprint density at radius 1 is 0.939 bits per heavy atom. The van der Waals surface area contributed by atoms with E-state index in [-0.39, 0.29) is 28.1 Å². The number of ether oxygens (including phenoxy) is 2. The molecule has 3 aliphatic rings. The molecular weight excluding hydrogens is 418 g/mol. The van der Waals surface area contributed by atoms with Crippen LogP contribution in [-0.4, -0.2) is 48.9 Å². The summed E-state index contributed by atoms with van der Waals surface area (Å²) in [6, 6.07) is 5.16. The van der Waals surface area contributed by atoms with Crippen LogP contribution in [0.15, 0.2) is 40.7 Å². The summed E-state index contributed by atoms with van der Waals surface area (Å²) >= 11 is 0. The number of hydrogen-bond acceptors (Lipinski definition) is 6. The van der Waals surface area contributed by atoms with E-state index in [1.54, 1.807) is 19.2 Å². The minimum absolute atomic E-state index is 0.0365. The molecule has 4 rings (SSSR count). The number of carbonyl (C=O) groups excluding carboxylic acids is 2. The van der Waals surface area contributed by atoms with Gasteiger partial charge in [-0.05, 0) is 41.4 Å². The van der Waals surface area contributed by atoms with E-state index < -0.39 is 5.92 Å². The molecule has 2 aliphatic carbocycles. The Morgan fingerprint density at radius 2 is 1.48 bits per heavy atom. The number of benzene rings is 1. The summed E-state index contributed by atoms with van der Waals surface area (Å²) in [6.07, 6.45) is 2.40. The van der Waals surface area contributed by atoms with Crippen LogP contribution in [0, 0.1) is 10.8 Å². The number of Topliss-reactive ketones (excluding diaryl/α,β-unsaturated/α-hetero) is 2. The molecule has 0 aromatic heterocycles. The third kappa shape index (κ3) is 4.21. The fraction of sp³-hybridized carbons (Fsp3) is 0.556. The molecule has 0 unspecified atom stereocenters. The molecule has 1 heterocycles. The first-order valence-corrected chi connectivity index (χ1v) is 11.6. The van der Waals surface area contributed by atoms with Crippen molar-refractivity contribution in [2.45, 2.75) is 59.3 Å². The maximum absolute atomic E-state index is 13.6. The molecule has 178 valence electrons. The Labute approximate surface area is 196 Å². The van der Waals surface area contributed by atoms with Crippen LogP contribution in [0.25, 0.3) is 0 Å². The molecule has 0 fully saturated rings. The van der Waals surface area contributed by atoms with Gasteiger partial charge in [-0.2, -0.15) is 0 Å². The first-order chi connectivity index (χ1) is 15.5. The van der Waals surface area contributed by atoms with Crippen LogP contribution in [0.5, 0.6) is 11.5 Å². The Kier molecular flexibility index (Phi) is 5.94. The van der Waals surface area contributed by atoms with Crippen molar-refractivity contribution in [3.8, 4) is 11.5 Å². The molecule has 0 saturated heterocycles. The van der Waals surface area contributed by atoms with Crippen LogP contribution >= 0.6 is 0 Å². The fourth-order valence-electron chi connectivity index (χ4n) is 5.71. The molecule has 1 aromatic rings. The van der Waals surface area contributed by atoms with E-state index in [0.29, 0.717) is 42.9 Å². The van der Waals surface area contributed by atoms with E-state index in [1.165, 1.54) is 7.11 Å². The second-order valence-corrected chi connectivity index (χ2v) is 11.1. The van der Waals surface area contributed by atoms with Crippen LogP contribution in [0.4, 0.5) is 0 Å². The number of methoxy groups -OCH3 is 2. The molecule has 6 heteroatoms. The van der Waals surface area contributed by atoms with Crippen LogP contribution in [0.1, 0.15) is 64.9 Å². The SMILES string of the molecule is COCCN1C2=C(C(=O)CC(C)(C)C2)C(c2ccc(O)c(OC)c2)C2=C1CC(C)(C)CC2=O. The zero-order chi connectivity index (χ0) is 24.1. The average molecular weight is 454 g/mol. The highest BCUT2D eigenvalue weighted by atomic mass is 16.5. The number of hydrogen-bond donors (Lipinski definition) is 1. The Bertz CT molecular complexity index is 1010. The van der Waals surface area contributed by atoms with Crippen LogP contribution in [-0.2, 0) is 14.3 Å². The summed E-state index contributed by atoms with van der Waals surface area (Å²) < 4.78 is 10.8. The topological polar surface area (TPSA) is 76.1 Å². The number of aromatic hydroxyl groups is 1. The summed E-state index contributed by atoms with van der Waals surface area (Å²) in [4.78, 5) is 29.5. The zero-order valence-electron chi connectivity index (χ0n) is 20.6. The molecule has 0 spiro atoms. The van der Waals surface area contributed by atoms with E-state index in [1.807, 2.05) is 6.07 Å². The Hall–Kier alpha value is -2.60. The zero-order valence-corrected chi connectivity index (χ0v) is 20.6. The third-order valence-corrected chi connectivity index (χ3v) is 7.08. The highest BCUT2D eigenvalue weighted by molar-refractivity contribution is 6.06. The lowest BCUT2D eigenvalue weighted by Gasteiger charge is -2.49. The standard InChI is InChI=1S/C27H35NO5/c1-26(2)12-17-24(20(30)14-26)23(16-7-8-19(29)22(11-16)33-6)25-18(28(17)9-10-32-5)13-27(3,4)15-21(25)31/h7-8,11,23,29H,9-10,12-15H2,1-6H3. The molecule has 0 saturated carbocycles. The van der Waals surface area contributed by atoms with Gasteiger partial charge in [-0.15, -0.1) is 0 Å². The third-order valence-electron chi connectivity index (χ3n) is 7.08. The summed E-state index contributed by atoms with van der Waals surface area (Å²) in [7, 11) is 3.18. The lowest BCUT2D eigenvalue weighted by atomic mass is 9.63. The number of phenols is 1. The molecule has 6 nitrogen and oxygen atoms in total. The predicted molar refractivity (Wildman–Crippen MR) is 126 cm³/mol. The van der Waals surface area contributed by atoms with Crippen molar-refractivity contribution < 1.29 is 24.2 Å². The van der Waals surface area contributed by atoms with E-state index in [4.69, 9.17) is 9.47 Å². The smallest absolute Gasteiger partial charge is 0.162 e. The summed E-state index contributed by atoms with van der Waals surface area (Å²) in [5.41, 5.74) is 3.92. The molecule has 33 heavy (non-hydrogen) atoms. The van der Waals surface area contributed by atoms with E-state index in [2.05, 4.69) is 32.6 Å². The predicted octanol–water partition coefficient (Wildman–Crippen LogP) is 4.73. The van der Waals surface area contributed by atoms with Gasteiger partial charge < -0.3 is 19.5 Å². The van der Waals surface area contributed by atoms with Gasteiger partial charge in [-0.25, -0.2) is 0 Å². The maximum Gasteiger partial charge on any atom is 0.162 e. The molecule has 0 bridgehead atoms. The summed E-state index contributed by atoms with van der Waals surface area (Å²) in [5.74, 6) is 0.102. The van der Waals surface area contributed by atoms with Crippen LogP contribution in [0.2, 0.25) is 0 Å². The molecular formula is C27H35NO5. The molecule has 1 aliphatic heterocycles. The van der Waals surface area contributed by atoms with Crippen molar-refractivity contribution in [3.63, 3.8) is 0 Å². The van der Waals surface area contributed by atoms with Gasteiger partial charge in [0.1, 0.15) is 0 Å². The first-order valence-electron chi connectivity index (χ1n) is 11.6. The van der Waals surface area contributed by atoms with Gasteiger partial charge in [0.05, 0.1) is 13.7 Å². The highest BCUT2D eigenvalue weighted by Gasteiger charge is 2.48. The van der Waals surface area contributed by atoms with Gasteiger partial charge in [-0.1, -0.05) is 33.8 Å². The van der Waals surface area contributed by atoms with E-state index in [0.717, 1.165) is 29.8 Å². The van der Waals surface area contributed by atoms with Crippen molar-refractivity contribution in [1.82, 2.24) is 4.90 Å². The second kappa shape index (κ2) is 8.32. The van der Waals surface area contributed by atoms with Crippen molar-refractivity contribution in [3.05, 3.63) is 46.3 Å². The highest BCUT2D eigenvalue weighted by Crippen LogP contribution is 2.54. The minimum atomic E-state index is -0.449. The van der Waals surface area contributed by atoms with Crippen molar-refractivity contribution in [1.29, 1.82) is 0 Å². The molecule has 1 aromatic carbocycles. The number of phenolic OH excluding ortho intramolecular Hbond substituents is 1. The summed E-state index contributed by atoms with van der Waals surface area (Å²) in [6.45, 7) is 9.62. The van der Waals surface area contributed by atoms with Gasteiger partial charge in [-0.3, -0.25) is 9.59 Å². The first kappa shape index (κ1) is 23.6. The van der Waals surface area contributed by atoms with Gasteiger partial charge in [0.15, 0.2) is 23.1 Å². The number of allylic oxidation sites excluding steroid dienone is 4.